The molecule has 4 aromatic rings. The van der Waals surface area contributed by atoms with Crippen LogP contribution in [0.5, 0.6) is 0 Å². The Morgan fingerprint density at radius 3 is 2.47 bits per heavy atom. The predicted octanol–water partition coefficient (Wildman–Crippen LogP) is 3.71. The van der Waals surface area contributed by atoms with Crippen molar-refractivity contribution in [3.05, 3.63) is 71.0 Å². The molecular weight excluding hydrogens is 424 g/mol. The molecule has 7 nitrogen and oxygen atoms in total. The van der Waals surface area contributed by atoms with E-state index < -0.39 is 9.84 Å². The van der Waals surface area contributed by atoms with Gasteiger partial charge >= 0.3 is 0 Å². The second-order valence-corrected chi connectivity index (χ2v) is 10.2. The van der Waals surface area contributed by atoms with E-state index in [4.69, 9.17) is 4.98 Å². The molecule has 0 aliphatic rings. The molecule has 0 bridgehead atoms. The normalized spacial score (nSPS) is 12.9. The summed E-state index contributed by atoms with van der Waals surface area (Å²) in [6, 6.07) is 14.3. The number of nitrogens with zero attached hydrogens (tertiary/aromatic N) is 3. The van der Waals surface area contributed by atoms with Crippen LogP contribution in [0, 0.1) is 13.8 Å². The van der Waals surface area contributed by atoms with Crippen molar-refractivity contribution in [3.8, 4) is 0 Å². The fourth-order valence-corrected chi connectivity index (χ4v) is 4.61. The number of benzene rings is 2. The Morgan fingerprint density at radius 1 is 1.09 bits per heavy atom. The molecule has 2 aromatic heterocycles. The number of aromatic nitrogens is 3. The van der Waals surface area contributed by atoms with Crippen LogP contribution in [0.4, 0.5) is 0 Å². The van der Waals surface area contributed by atoms with Crippen LogP contribution in [-0.4, -0.2) is 35.2 Å². The molecule has 2 aromatic carbocycles. The van der Waals surface area contributed by atoms with Crippen molar-refractivity contribution >= 4 is 32.3 Å². The van der Waals surface area contributed by atoms with Crippen LogP contribution >= 0.6 is 0 Å². The van der Waals surface area contributed by atoms with Gasteiger partial charge in [-0.15, -0.1) is 0 Å². The zero-order chi connectivity index (χ0) is 23.0. The van der Waals surface area contributed by atoms with Gasteiger partial charge in [-0.25, -0.2) is 17.9 Å². The molecule has 4 rings (SSSR count). The van der Waals surface area contributed by atoms with Gasteiger partial charge in [0.15, 0.2) is 15.5 Å². The second kappa shape index (κ2) is 8.35. The Balaban J connectivity index is 1.47. The number of carbonyl (C=O) groups excluding carboxylic acids is 1. The minimum absolute atomic E-state index is 0.0748. The first-order chi connectivity index (χ1) is 15.1. The van der Waals surface area contributed by atoms with E-state index in [9.17, 15) is 13.2 Å². The van der Waals surface area contributed by atoms with Crippen molar-refractivity contribution in [2.24, 2.45) is 0 Å². The van der Waals surface area contributed by atoms with Gasteiger partial charge in [0.25, 0.3) is 0 Å². The van der Waals surface area contributed by atoms with Crippen LogP contribution in [0.15, 0.2) is 53.4 Å². The Morgan fingerprint density at radius 2 is 1.78 bits per heavy atom. The number of hydrogen-bond acceptors (Lipinski definition) is 5. The van der Waals surface area contributed by atoms with Crippen LogP contribution in [0.1, 0.15) is 41.9 Å². The van der Waals surface area contributed by atoms with E-state index >= 15 is 0 Å². The Bertz CT molecular complexity index is 1420. The van der Waals surface area contributed by atoms with Crippen LogP contribution in [-0.2, 0) is 21.1 Å². The zero-order valence-electron chi connectivity index (χ0n) is 18.6. The summed E-state index contributed by atoms with van der Waals surface area (Å²) in [6.07, 6.45) is 2.05. The van der Waals surface area contributed by atoms with Crippen molar-refractivity contribution in [2.45, 2.75) is 44.6 Å². The molecule has 0 aliphatic heterocycles. The van der Waals surface area contributed by atoms with Crippen LogP contribution < -0.4 is 5.32 Å². The van der Waals surface area contributed by atoms with Crippen LogP contribution in [0.25, 0.3) is 16.6 Å². The summed E-state index contributed by atoms with van der Waals surface area (Å²) < 4.78 is 25.1. The first-order valence-electron chi connectivity index (χ1n) is 10.5. The third-order valence-electron chi connectivity index (χ3n) is 5.81. The Kier molecular flexibility index (Phi) is 5.73. The average Bonchev–Trinajstić information content (AvgIpc) is 3.12. The quantitative estimate of drug-likeness (QED) is 0.483. The van der Waals surface area contributed by atoms with Crippen molar-refractivity contribution in [1.29, 1.82) is 0 Å². The minimum Gasteiger partial charge on any atom is -0.350 e. The molecular formula is C24H26N4O3S. The standard InChI is InChI=1S/C24H26N4O3S/c1-15(18-9-11-19(12-10-18)32(4,30)31)25-23(29)14-13-20-16(2)26-24-21-7-5-6-8-22(21)27-28(24)17(20)3/h5-12,15H,13-14H2,1-4H3,(H,25,29)/t15-/m0/s1. The molecule has 0 radical (unpaired) electrons. The molecule has 166 valence electrons. The highest BCUT2D eigenvalue weighted by molar-refractivity contribution is 7.90. The van der Waals surface area contributed by atoms with Gasteiger partial charge in [0.05, 0.1) is 16.5 Å². The van der Waals surface area contributed by atoms with Gasteiger partial charge in [-0.2, -0.15) is 5.10 Å². The lowest BCUT2D eigenvalue weighted by Gasteiger charge is -2.16. The maximum Gasteiger partial charge on any atom is 0.220 e. The number of aryl methyl sites for hydroxylation is 2. The average molecular weight is 451 g/mol. The topological polar surface area (TPSA) is 93.4 Å². The number of fused-ring (bicyclic) bond motifs is 3. The summed E-state index contributed by atoms with van der Waals surface area (Å²) in [6.45, 7) is 5.85. The SMILES string of the molecule is Cc1nc2c3ccccc3nn2c(C)c1CCC(=O)N[C@@H](C)c1ccc(S(C)(=O)=O)cc1. The molecule has 0 unspecified atom stereocenters. The first kappa shape index (κ1) is 22.0. The molecule has 1 N–H and O–H groups in total. The molecule has 8 heteroatoms. The van der Waals surface area contributed by atoms with Gasteiger partial charge < -0.3 is 5.32 Å². The fraction of sp³-hybridized carbons (Fsp3) is 0.292. The van der Waals surface area contributed by atoms with Crippen LogP contribution in [0.3, 0.4) is 0 Å². The number of hydrogen-bond donors (Lipinski definition) is 1. The van der Waals surface area contributed by atoms with E-state index in [0.29, 0.717) is 12.8 Å². The van der Waals surface area contributed by atoms with E-state index in [1.165, 1.54) is 6.26 Å². The largest absolute Gasteiger partial charge is 0.350 e. The summed E-state index contributed by atoms with van der Waals surface area (Å²) >= 11 is 0. The van der Waals surface area contributed by atoms with Gasteiger partial charge in [0.1, 0.15) is 0 Å². The highest BCUT2D eigenvalue weighted by Crippen LogP contribution is 2.23. The molecule has 32 heavy (non-hydrogen) atoms. The maximum atomic E-state index is 12.6. The molecule has 2 heterocycles. The number of nitrogens with one attached hydrogen (secondary N) is 1. The third kappa shape index (κ3) is 4.23. The number of amides is 1. The first-order valence-corrected chi connectivity index (χ1v) is 12.4. The molecule has 0 saturated carbocycles. The monoisotopic (exact) mass is 450 g/mol. The molecule has 0 spiro atoms. The summed E-state index contributed by atoms with van der Waals surface area (Å²) in [7, 11) is -3.24. The van der Waals surface area contributed by atoms with Gasteiger partial charge in [-0.05, 0) is 62.6 Å². The third-order valence-corrected chi connectivity index (χ3v) is 6.93. The maximum absolute atomic E-state index is 12.6. The van der Waals surface area contributed by atoms with E-state index in [-0.39, 0.29) is 16.8 Å². The summed E-state index contributed by atoms with van der Waals surface area (Å²) in [5, 5.41) is 8.67. The molecule has 1 atom stereocenters. The summed E-state index contributed by atoms with van der Waals surface area (Å²) in [4.78, 5) is 17.6. The zero-order valence-corrected chi connectivity index (χ0v) is 19.4. The molecule has 0 aliphatic carbocycles. The van der Waals surface area contributed by atoms with E-state index in [2.05, 4.69) is 10.4 Å². The smallest absolute Gasteiger partial charge is 0.220 e. The fourth-order valence-electron chi connectivity index (χ4n) is 3.98. The van der Waals surface area contributed by atoms with Gasteiger partial charge in [0, 0.05) is 29.5 Å². The summed E-state index contributed by atoms with van der Waals surface area (Å²) in [5.41, 5.74) is 5.48. The van der Waals surface area contributed by atoms with Crippen molar-refractivity contribution in [1.82, 2.24) is 19.9 Å². The van der Waals surface area contributed by atoms with E-state index in [1.807, 2.05) is 49.6 Å². The van der Waals surface area contributed by atoms with Gasteiger partial charge in [0.2, 0.25) is 5.91 Å². The van der Waals surface area contributed by atoms with E-state index in [0.717, 1.165) is 39.1 Å². The molecule has 0 fully saturated rings. The number of carbonyl (C=O) groups is 1. The number of sulfone groups is 1. The lowest BCUT2D eigenvalue weighted by molar-refractivity contribution is -0.121. The Labute approximate surface area is 187 Å². The molecule has 0 saturated heterocycles. The highest BCUT2D eigenvalue weighted by Gasteiger charge is 2.16. The predicted molar refractivity (Wildman–Crippen MR) is 124 cm³/mol. The highest BCUT2D eigenvalue weighted by atomic mass is 32.2. The lowest BCUT2D eigenvalue weighted by Crippen LogP contribution is -2.27. The minimum atomic E-state index is -3.24. The van der Waals surface area contributed by atoms with E-state index in [1.54, 1.807) is 24.3 Å². The van der Waals surface area contributed by atoms with Gasteiger partial charge in [-0.3, -0.25) is 4.79 Å². The Hall–Kier alpha value is -3.26. The molecule has 1 amide bonds. The van der Waals surface area contributed by atoms with Crippen LogP contribution in [0.2, 0.25) is 0 Å². The summed E-state index contributed by atoms with van der Waals surface area (Å²) in [5.74, 6) is -0.0748. The van der Waals surface area contributed by atoms with Gasteiger partial charge in [-0.1, -0.05) is 24.3 Å². The number of rotatable bonds is 6. The lowest BCUT2D eigenvalue weighted by atomic mass is 10.0. The second-order valence-electron chi connectivity index (χ2n) is 8.14. The van der Waals surface area contributed by atoms with Crippen molar-refractivity contribution < 1.29 is 13.2 Å². The van der Waals surface area contributed by atoms with Crippen molar-refractivity contribution in [3.63, 3.8) is 0 Å². The van der Waals surface area contributed by atoms with Crippen molar-refractivity contribution in [2.75, 3.05) is 6.26 Å².